The van der Waals surface area contributed by atoms with E-state index in [0.717, 1.165) is 10.9 Å². The highest BCUT2D eigenvalue weighted by molar-refractivity contribution is 6.30. The second-order valence-corrected chi connectivity index (χ2v) is 6.07. The quantitative estimate of drug-likeness (QED) is 0.728. The first-order chi connectivity index (χ1) is 11.6. The predicted molar refractivity (Wildman–Crippen MR) is 97.5 cm³/mol. The third kappa shape index (κ3) is 4.06. The van der Waals surface area contributed by atoms with Gasteiger partial charge in [0.05, 0.1) is 6.04 Å². The van der Waals surface area contributed by atoms with Gasteiger partial charge in [0.25, 0.3) is 5.91 Å². The molecule has 4 heteroatoms. The van der Waals surface area contributed by atoms with Gasteiger partial charge in [-0.2, -0.15) is 0 Å². The zero-order valence-electron chi connectivity index (χ0n) is 13.3. The Hall–Kier alpha value is -2.52. The highest BCUT2D eigenvalue weighted by atomic mass is 35.5. The summed E-state index contributed by atoms with van der Waals surface area (Å²) in [6, 6.07) is 21.2. The number of amides is 1. The SMILES string of the molecule is C[C@@H](NC(=O)COc1ccc(Cl)cc1)c1ccc2ccccc2c1. The van der Waals surface area contributed by atoms with Crippen LogP contribution in [-0.2, 0) is 4.79 Å². The van der Waals surface area contributed by atoms with Crippen molar-refractivity contribution in [3.05, 3.63) is 77.3 Å². The molecule has 1 N–H and O–H groups in total. The first-order valence-electron chi connectivity index (χ1n) is 7.78. The van der Waals surface area contributed by atoms with Crippen LogP contribution in [-0.4, -0.2) is 12.5 Å². The van der Waals surface area contributed by atoms with E-state index in [1.165, 1.54) is 5.39 Å². The molecule has 0 aliphatic rings. The molecule has 0 radical (unpaired) electrons. The van der Waals surface area contributed by atoms with E-state index in [9.17, 15) is 4.79 Å². The fraction of sp³-hybridized carbons (Fsp3) is 0.150. The molecule has 0 saturated carbocycles. The number of benzene rings is 3. The Morgan fingerprint density at radius 3 is 2.50 bits per heavy atom. The lowest BCUT2D eigenvalue weighted by Gasteiger charge is -2.15. The van der Waals surface area contributed by atoms with E-state index in [4.69, 9.17) is 16.3 Å². The van der Waals surface area contributed by atoms with Gasteiger partial charge in [0.15, 0.2) is 6.61 Å². The Labute approximate surface area is 146 Å². The lowest BCUT2D eigenvalue weighted by atomic mass is 10.0. The van der Waals surface area contributed by atoms with Crippen LogP contribution in [0.1, 0.15) is 18.5 Å². The van der Waals surface area contributed by atoms with Crippen LogP contribution in [0, 0.1) is 0 Å². The summed E-state index contributed by atoms with van der Waals surface area (Å²) in [5.74, 6) is 0.457. The minimum Gasteiger partial charge on any atom is -0.484 e. The van der Waals surface area contributed by atoms with Crippen LogP contribution < -0.4 is 10.1 Å². The van der Waals surface area contributed by atoms with Crippen molar-refractivity contribution in [2.45, 2.75) is 13.0 Å². The number of carbonyl (C=O) groups is 1. The molecular weight excluding hydrogens is 322 g/mol. The third-order valence-corrected chi connectivity index (χ3v) is 4.09. The number of rotatable bonds is 5. The maximum absolute atomic E-state index is 12.1. The summed E-state index contributed by atoms with van der Waals surface area (Å²) in [4.78, 5) is 12.1. The van der Waals surface area contributed by atoms with Crippen LogP contribution in [0.4, 0.5) is 0 Å². The Balaban J connectivity index is 1.59. The normalized spacial score (nSPS) is 11.9. The van der Waals surface area contributed by atoms with E-state index < -0.39 is 0 Å². The van der Waals surface area contributed by atoms with Crippen molar-refractivity contribution in [2.24, 2.45) is 0 Å². The van der Waals surface area contributed by atoms with Gasteiger partial charge in [-0.1, -0.05) is 48.0 Å². The number of hydrogen-bond acceptors (Lipinski definition) is 2. The number of hydrogen-bond donors (Lipinski definition) is 1. The Morgan fingerprint density at radius 2 is 1.75 bits per heavy atom. The molecule has 0 aliphatic heterocycles. The van der Waals surface area contributed by atoms with Crippen molar-refractivity contribution in [3.8, 4) is 5.75 Å². The molecule has 0 heterocycles. The summed E-state index contributed by atoms with van der Waals surface area (Å²) >= 11 is 5.82. The average molecular weight is 340 g/mol. The van der Waals surface area contributed by atoms with E-state index >= 15 is 0 Å². The van der Waals surface area contributed by atoms with Crippen molar-refractivity contribution >= 4 is 28.3 Å². The minimum absolute atomic E-state index is 0.0282. The Kier molecular flexibility index (Phi) is 5.02. The Bertz CT molecular complexity index is 846. The molecule has 0 saturated heterocycles. The van der Waals surface area contributed by atoms with Crippen molar-refractivity contribution < 1.29 is 9.53 Å². The molecule has 0 spiro atoms. The lowest BCUT2D eigenvalue weighted by Crippen LogP contribution is -2.31. The standard InChI is InChI=1S/C20H18ClNO2/c1-14(16-7-6-15-4-2-3-5-17(15)12-16)22-20(23)13-24-19-10-8-18(21)9-11-19/h2-12,14H,13H2,1H3,(H,22,23)/t14-/m1/s1. The number of carbonyl (C=O) groups excluding carboxylic acids is 1. The summed E-state index contributed by atoms with van der Waals surface area (Å²) in [7, 11) is 0. The van der Waals surface area contributed by atoms with Gasteiger partial charge in [-0.15, -0.1) is 0 Å². The molecular formula is C20H18ClNO2. The third-order valence-electron chi connectivity index (χ3n) is 3.83. The highest BCUT2D eigenvalue weighted by Crippen LogP contribution is 2.20. The number of fused-ring (bicyclic) bond motifs is 1. The van der Waals surface area contributed by atoms with Gasteiger partial charge in [-0.3, -0.25) is 4.79 Å². The molecule has 122 valence electrons. The largest absolute Gasteiger partial charge is 0.484 e. The summed E-state index contributed by atoms with van der Waals surface area (Å²) in [5, 5.41) is 5.93. The van der Waals surface area contributed by atoms with Crippen LogP contribution in [0.25, 0.3) is 10.8 Å². The molecule has 0 fully saturated rings. The summed E-state index contributed by atoms with van der Waals surface area (Å²) in [6.45, 7) is 1.93. The molecule has 0 unspecified atom stereocenters. The van der Waals surface area contributed by atoms with Gasteiger partial charge in [0, 0.05) is 5.02 Å². The highest BCUT2D eigenvalue weighted by Gasteiger charge is 2.10. The molecule has 3 rings (SSSR count). The summed E-state index contributed by atoms with van der Waals surface area (Å²) in [6.07, 6.45) is 0. The van der Waals surface area contributed by atoms with E-state index in [2.05, 4.69) is 29.6 Å². The summed E-state index contributed by atoms with van der Waals surface area (Å²) in [5.41, 5.74) is 1.06. The topological polar surface area (TPSA) is 38.3 Å². The fourth-order valence-corrected chi connectivity index (χ4v) is 2.65. The van der Waals surface area contributed by atoms with Crippen LogP contribution >= 0.6 is 11.6 Å². The minimum atomic E-state index is -0.161. The van der Waals surface area contributed by atoms with E-state index in [0.29, 0.717) is 10.8 Å². The molecule has 1 amide bonds. The molecule has 1 atom stereocenters. The van der Waals surface area contributed by atoms with Gasteiger partial charge in [-0.05, 0) is 53.6 Å². The van der Waals surface area contributed by atoms with Crippen LogP contribution in [0.15, 0.2) is 66.7 Å². The smallest absolute Gasteiger partial charge is 0.258 e. The van der Waals surface area contributed by atoms with Gasteiger partial charge in [0.1, 0.15) is 5.75 Å². The van der Waals surface area contributed by atoms with E-state index in [-0.39, 0.29) is 18.6 Å². The molecule has 0 aromatic heterocycles. The molecule has 3 aromatic rings. The van der Waals surface area contributed by atoms with Crippen LogP contribution in [0.2, 0.25) is 5.02 Å². The molecule has 24 heavy (non-hydrogen) atoms. The predicted octanol–water partition coefficient (Wildman–Crippen LogP) is 4.75. The van der Waals surface area contributed by atoms with Gasteiger partial charge >= 0.3 is 0 Å². The van der Waals surface area contributed by atoms with Crippen LogP contribution in [0.3, 0.4) is 0 Å². The zero-order chi connectivity index (χ0) is 16.9. The van der Waals surface area contributed by atoms with Crippen molar-refractivity contribution in [2.75, 3.05) is 6.61 Å². The maximum atomic E-state index is 12.1. The average Bonchev–Trinajstić information content (AvgIpc) is 2.61. The molecule has 0 aliphatic carbocycles. The first-order valence-corrected chi connectivity index (χ1v) is 8.16. The molecule has 3 nitrogen and oxygen atoms in total. The number of nitrogens with one attached hydrogen (secondary N) is 1. The Morgan fingerprint density at radius 1 is 1.04 bits per heavy atom. The summed E-state index contributed by atoms with van der Waals surface area (Å²) < 4.78 is 5.46. The molecule has 3 aromatic carbocycles. The van der Waals surface area contributed by atoms with Crippen molar-refractivity contribution in [1.82, 2.24) is 5.32 Å². The maximum Gasteiger partial charge on any atom is 0.258 e. The van der Waals surface area contributed by atoms with Gasteiger partial charge in [0.2, 0.25) is 0 Å². The second kappa shape index (κ2) is 7.37. The van der Waals surface area contributed by atoms with Gasteiger partial charge in [-0.25, -0.2) is 0 Å². The first kappa shape index (κ1) is 16.3. The number of halogens is 1. The van der Waals surface area contributed by atoms with Gasteiger partial charge < -0.3 is 10.1 Å². The molecule has 0 bridgehead atoms. The number of ether oxygens (including phenoxy) is 1. The van der Waals surface area contributed by atoms with Crippen LogP contribution in [0.5, 0.6) is 5.75 Å². The second-order valence-electron chi connectivity index (χ2n) is 5.64. The zero-order valence-corrected chi connectivity index (χ0v) is 14.1. The fourth-order valence-electron chi connectivity index (χ4n) is 2.52. The van der Waals surface area contributed by atoms with Crippen molar-refractivity contribution in [3.63, 3.8) is 0 Å². The lowest BCUT2D eigenvalue weighted by molar-refractivity contribution is -0.123. The van der Waals surface area contributed by atoms with Crippen molar-refractivity contribution in [1.29, 1.82) is 0 Å². The van der Waals surface area contributed by atoms with E-state index in [1.54, 1.807) is 24.3 Å². The monoisotopic (exact) mass is 339 g/mol. The van der Waals surface area contributed by atoms with E-state index in [1.807, 2.05) is 25.1 Å².